The summed E-state index contributed by atoms with van der Waals surface area (Å²) in [5.41, 5.74) is 5.16. The molecule has 0 atom stereocenters. The van der Waals surface area contributed by atoms with Gasteiger partial charge in [-0.2, -0.15) is 0 Å². The minimum absolute atomic E-state index is 0.0218. The number of nitrogens with one attached hydrogen (secondary N) is 2. The molecular formula is C31H27ClN4O2S. The molecule has 4 aromatic carbocycles. The molecule has 0 aliphatic carbocycles. The van der Waals surface area contributed by atoms with Crippen LogP contribution in [-0.2, 0) is 0 Å². The molecule has 1 aliphatic heterocycles. The lowest BCUT2D eigenvalue weighted by atomic mass is 10.0. The maximum absolute atomic E-state index is 12.8. The number of hydrogen-bond acceptors (Lipinski definition) is 4. The Balaban J connectivity index is 1.11. The van der Waals surface area contributed by atoms with Crippen molar-refractivity contribution in [1.29, 1.82) is 0 Å². The van der Waals surface area contributed by atoms with Crippen LogP contribution in [0.3, 0.4) is 0 Å². The number of anilines is 2. The van der Waals surface area contributed by atoms with E-state index in [-0.39, 0.29) is 16.9 Å². The van der Waals surface area contributed by atoms with Crippen molar-refractivity contribution in [3.8, 4) is 11.1 Å². The van der Waals surface area contributed by atoms with Crippen LogP contribution in [0.4, 0.5) is 11.4 Å². The molecular weight excluding hydrogens is 528 g/mol. The highest BCUT2D eigenvalue weighted by Crippen LogP contribution is 2.22. The van der Waals surface area contributed by atoms with Crippen molar-refractivity contribution < 1.29 is 9.59 Å². The van der Waals surface area contributed by atoms with E-state index in [2.05, 4.69) is 15.5 Å². The van der Waals surface area contributed by atoms with E-state index in [9.17, 15) is 9.59 Å². The van der Waals surface area contributed by atoms with E-state index >= 15 is 0 Å². The van der Waals surface area contributed by atoms with Crippen LogP contribution < -0.4 is 15.5 Å². The Labute approximate surface area is 238 Å². The molecule has 1 fully saturated rings. The molecule has 0 aromatic heterocycles. The second-order valence-corrected chi connectivity index (χ2v) is 10.0. The summed E-state index contributed by atoms with van der Waals surface area (Å²) < 4.78 is 0. The second kappa shape index (κ2) is 12.1. The summed E-state index contributed by atoms with van der Waals surface area (Å²) in [7, 11) is 0. The molecule has 1 heterocycles. The van der Waals surface area contributed by atoms with Gasteiger partial charge < -0.3 is 15.1 Å². The van der Waals surface area contributed by atoms with Crippen LogP contribution in [0.2, 0.25) is 5.02 Å². The number of nitrogens with zero attached hydrogens (tertiary/aromatic N) is 2. The first-order valence-corrected chi connectivity index (χ1v) is 13.4. The van der Waals surface area contributed by atoms with Crippen molar-refractivity contribution in [2.45, 2.75) is 0 Å². The molecule has 196 valence electrons. The van der Waals surface area contributed by atoms with Crippen molar-refractivity contribution in [3.63, 3.8) is 0 Å². The highest BCUT2D eigenvalue weighted by atomic mass is 35.5. The van der Waals surface area contributed by atoms with Crippen molar-refractivity contribution in [1.82, 2.24) is 10.2 Å². The molecule has 39 heavy (non-hydrogen) atoms. The first kappa shape index (κ1) is 26.4. The number of carbonyl (C=O) groups is 2. The fraction of sp³-hybridized carbons (Fsp3) is 0.129. The average molecular weight is 555 g/mol. The Kier molecular flexibility index (Phi) is 8.20. The third-order valence-electron chi connectivity index (χ3n) is 6.63. The van der Waals surface area contributed by atoms with Gasteiger partial charge in [-0.25, -0.2) is 0 Å². The van der Waals surface area contributed by atoms with Gasteiger partial charge >= 0.3 is 0 Å². The van der Waals surface area contributed by atoms with Gasteiger partial charge in [-0.05, 0) is 84.0 Å². The number of thiocarbonyl (C=S) groups is 1. The Morgan fingerprint density at radius 1 is 0.692 bits per heavy atom. The Bertz CT molecular complexity index is 1450. The molecule has 5 rings (SSSR count). The summed E-state index contributed by atoms with van der Waals surface area (Å²) in [5, 5.41) is 6.66. The zero-order valence-electron chi connectivity index (χ0n) is 21.1. The molecule has 2 amide bonds. The van der Waals surface area contributed by atoms with E-state index in [0.29, 0.717) is 29.2 Å². The molecule has 0 bridgehead atoms. The van der Waals surface area contributed by atoms with E-state index in [0.717, 1.165) is 35.6 Å². The Morgan fingerprint density at radius 2 is 1.28 bits per heavy atom. The summed E-state index contributed by atoms with van der Waals surface area (Å²) in [5.74, 6) is -0.247. The van der Waals surface area contributed by atoms with Crippen LogP contribution in [-0.4, -0.2) is 48.0 Å². The summed E-state index contributed by atoms with van der Waals surface area (Å²) >= 11 is 11.3. The molecule has 4 aromatic rings. The normalized spacial score (nSPS) is 13.1. The number of hydrogen-bond donors (Lipinski definition) is 2. The topological polar surface area (TPSA) is 64.7 Å². The number of amides is 2. The van der Waals surface area contributed by atoms with E-state index in [4.69, 9.17) is 23.8 Å². The van der Waals surface area contributed by atoms with Gasteiger partial charge in [0.05, 0.1) is 0 Å². The minimum Gasteiger partial charge on any atom is -0.368 e. The highest BCUT2D eigenvalue weighted by molar-refractivity contribution is 7.80. The molecule has 1 saturated heterocycles. The molecule has 0 saturated carbocycles. The number of rotatable bonds is 5. The molecule has 1 aliphatic rings. The maximum atomic E-state index is 12.8. The van der Waals surface area contributed by atoms with Gasteiger partial charge in [0.1, 0.15) is 0 Å². The van der Waals surface area contributed by atoms with E-state index < -0.39 is 0 Å². The maximum Gasteiger partial charge on any atom is 0.257 e. The van der Waals surface area contributed by atoms with Crippen LogP contribution >= 0.6 is 23.8 Å². The number of halogens is 1. The highest BCUT2D eigenvalue weighted by Gasteiger charge is 2.22. The third-order valence-corrected chi connectivity index (χ3v) is 7.09. The fourth-order valence-electron chi connectivity index (χ4n) is 4.48. The van der Waals surface area contributed by atoms with Crippen LogP contribution in [0.25, 0.3) is 11.1 Å². The van der Waals surface area contributed by atoms with E-state index in [1.165, 1.54) is 0 Å². The Hall–Kier alpha value is -4.20. The molecule has 6 nitrogen and oxygen atoms in total. The van der Waals surface area contributed by atoms with Gasteiger partial charge in [-0.15, -0.1) is 0 Å². The van der Waals surface area contributed by atoms with Gasteiger partial charge in [0.25, 0.3) is 11.8 Å². The molecule has 0 spiro atoms. The predicted octanol–water partition coefficient (Wildman–Crippen LogP) is 6.10. The first-order chi connectivity index (χ1) is 19.0. The smallest absolute Gasteiger partial charge is 0.257 e. The molecule has 2 N–H and O–H groups in total. The van der Waals surface area contributed by atoms with Crippen molar-refractivity contribution in [3.05, 3.63) is 119 Å². The van der Waals surface area contributed by atoms with Crippen LogP contribution in [0.5, 0.6) is 0 Å². The SMILES string of the molecule is O=C(NC(=S)Nc1ccc(N2CCN(C(=O)c3ccc(Cl)cc3)CC2)cc1)c1ccc(-c2ccccc2)cc1. The zero-order chi connectivity index (χ0) is 27.2. The number of piperazine rings is 1. The second-order valence-electron chi connectivity index (χ2n) is 9.18. The lowest BCUT2D eigenvalue weighted by Crippen LogP contribution is -2.48. The van der Waals surface area contributed by atoms with Crippen molar-refractivity contribution in [2.24, 2.45) is 0 Å². The average Bonchev–Trinajstić information content (AvgIpc) is 2.98. The van der Waals surface area contributed by atoms with Gasteiger partial charge in [0.15, 0.2) is 5.11 Å². The summed E-state index contributed by atoms with van der Waals surface area (Å²) in [6, 6.07) is 32.3. The molecule has 0 unspecified atom stereocenters. The van der Waals surface area contributed by atoms with Crippen LogP contribution in [0, 0.1) is 0 Å². The Morgan fingerprint density at radius 3 is 1.92 bits per heavy atom. The van der Waals surface area contributed by atoms with E-state index in [1.807, 2.05) is 71.6 Å². The lowest BCUT2D eigenvalue weighted by molar-refractivity contribution is 0.0746. The van der Waals surface area contributed by atoms with Crippen molar-refractivity contribution in [2.75, 3.05) is 36.4 Å². The largest absolute Gasteiger partial charge is 0.368 e. The number of carbonyl (C=O) groups excluding carboxylic acids is 2. The molecule has 0 radical (unpaired) electrons. The van der Waals surface area contributed by atoms with Gasteiger partial charge in [-0.3, -0.25) is 14.9 Å². The first-order valence-electron chi connectivity index (χ1n) is 12.6. The van der Waals surface area contributed by atoms with Crippen LogP contribution in [0.15, 0.2) is 103 Å². The predicted molar refractivity (Wildman–Crippen MR) is 162 cm³/mol. The number of benzene rings is 4. The standard InChI is InChI=1S/C31H27ClN4O2S/c32-26-12-10-25(11-13-26)30(38)36-20-18-35(19-21-36)28-16-14-27(15-17-28)33-31(39)34-29(37)24-8-6-23(7-9-24)22-4-2-1-3-5-22/h1-17H,18-21H2,(H2,33,34,37,39). The fourth-order valence-corrected chi connectivity index (χ4v) is 4.82. The lowest BCUT2D eigenvalue weighted by Gasteiger charge is -2.36. The van der Waals surface area contributed by atoms with Gasteiger partial charge in [0, 0.05) is 53.7 Å². The van der Waals surface area contributed by atoms with Gasteiger partial charge in [-0.1, -0.05) is 54.1 Å². The van der Waals surface area contributed by atoms with E-state index in [1.54, 1.807) is 36.4 Å². The minimum atomic E-state index is -0.269. The summed E-state index contributed by atoms with van der Waals surface area (Å²) in [6.07, 6.45) is 0. The monoisotopic (exact) mass is 554 g/mol. The van der Waals surface area contributed by atoms with Crippen molar-refractivity contribution >= 4 is 52.1 Å². The summed E-state index contributed by atoms with van der Waals surface area (Å²) in [6.45, 7) is 2.76. The zero-order valence-corrected chi connectivity index (χ0v) is 22.7. The molecule has 8 heteroatoms. The third kappa shape index (κ3) is 6.63. The quantitative estimate of drug-likeness (QED) is 0.292. The van der Waals surface area contributed by atoms with Gasteiger partial charge in [0.2, 0.25) is 0 Å². The summed E-state index contributed by atoms with van der Waals surface area (Å²) in [4.78, 5) is 29.5. The van der Waals surface area contributed by atoms with Crippen LogP contribution in [0.1, 0.15) is 20.7 Å².